The van der Waals surface area contributed by atoms with Gasteiger partial charge in [-0.2, -0.15) is 0 Å². The topological polar surface area (TPSA) is 146 Å². The Morgan fingerprint density at radius 3 is 1.20 bits per heavy atom. The average molecular weight is 705 g/mol. The molecule has 0 saturated carbocycles. The molecule has 0 bridgehead atoms. The molecule has 11 heteroatoms. The number of aliphatic hydroxyl groups excluding tert-OH is 2. The van der Waals surface area contributed by atoms with Gasteiger partial charge in [-0.1, -0.05) is 38.1 Å². The van der Waals surface area contributed by atoms with Gasteiger partial charge in [-0.15, -0.1) is 0 Å². The SMILES string of the molecule is COc1ccc([C@@H](O)C(C)Oc2ccc(C3OC(c4ccc(O[C@H](C)[C@H](O)c5ccc(OC)c(O)c5)c(OC)c4)[C@H](C)[C@H]3C)cc2OC)cc1O. The minimum atomic E-state index is -1.02. The zero-order chi connectivity index (χ0) is 37.0. The summed E-state index contributed by atoms with van der Waals surface area (Å²) in [5.74, 6) is 2.72. The smallest absolute Gasteiger partial charge is 0.161 e. The Kier molecular flexibility index (Phi) is 11.7. The maximum absolute atomic E-state index is 10.9. The first-order chi connectivity index (χ1) is 24.4. The highest BCUT2D eigenvalue weighted by atomic mass is 16.5. The van der Waals surface area contributed by atoms with Gasteiger partial charge in [0.15, 0.2) is 46.0 Å². The van der Waals surface area contributed by atoms with Crippen LogP contribution in [0.1, 0.15) is 74.4 Å². The van der Waals surface area contributed by atoms with Crippen LogP contribution in [0.3, 0.4) is 0 Å². The van der Waals surface area contributed by atoms with Gasteiger partial charge in [0.05, 0.1) is 40.6 Å². The highest BCUT2D eigenvalue weighted by Gasteiger charge is 2.41. The Labute approximate surface area is 298 Å². The molecule has 11 nitrogen and oxygen atoms in total. The monoisotopic (exact) mass is 704 g/mol. The van der Waals surface area contributed by atoms with Gasteiger partial charge in [0.25, 0.3) is 0 Å². The predicted octanol–water partition coefficient (Wildman–Crippen LogP) is 7.22. The van der Waals surface area contributed by atoms with E-state index in [0.29, 0.717) is 45.6 Å². The maximum atomic E-state index is 10.9. The lowest BCUT2D eigenvalue weighted by Crippen LogP contribution is -2.22. The fourth-order valence-corrected chi connectivity index (χ4v) is 6.49. The van der Waals surface area contributed by atoms with Gasteiger partial charge in [-0.3, -0.25) is 0 Å². The number of ether oxygens (including phenoxy) is 7. The summed E-state index contributed by atoms with van der Waals surface area (Å²) in [6, 6.07) is 20.8. The molecule has 1 aliphatic heterocycles. The zero-order valence-corrected chi connectivity index (χ0v) is 30.2. The Morgan fingerprint density at radius 2 is 0.863 bits per heavy atom. The van der Waals surface area contributed by atoms with E-state index < -0.39 is 24.4 Å². The van der Waals surface area contributed by atoms with E-state index in [2.05, 4.69) is 13.8 Å². The van der Waals surface area contributed by atoms with Gasteiger partial charge in [0, 0.05) is 0 Å². The molecule has 0 aliphatic carbocycles. The van der Waals surface area contributed by atoms with Crippen molar-refractivity contribution in [3.63, 3.8) is 0 Å². The fraction of sp³-hybridized carbons (Fsp3) is 0.400. The van der Waals surface area contributed by atoms with E-state index in [1.165, 1.54) is 26.4 Å². The van der Waals surface area contributed by atoms with Crippen LogP contribution >= 0.6 is 0 Å². The van der Waals surface area contributed by atoms with Crippen molar-refractivity contribution >= 4 is 0 Å². The van der Waals surface area contributed by atoms with Gasteiger partial charge < -0.3 is 53.6 Å². The summed E-state index contributed by atoms with van der Waals surface area (Å²) in [5.41, 5.74) is 2.83. The number of benzene rings is 4. The molecule has 4 aromatic rings. The molecule has 4 aromatic carbocycles. The van der Waals surface area contributed by atoms with Crippen molar-refractivity contribution in [2.45, 2.75) is 64.3 Å². The Balaban J connectivity index is 1.28. The van der Waals surface area contributed by atoms with Crippen LogP contribution in [0.25, 0.3) is 0 Å². The third-order valence-corrected chi connectivity index (χ3v) is 9.71. The summed E-state index contributed by atoms with van der Waals surface area (Å²) < 4.78 is 40.6. The molecule has 1 aliphatic rings. The summed E-state index contributed by atoms with van der Waals surface area (Å²) in [5, 5.41) is 42.2. The van der Waals surface area contributed by atoms with Crippen LogP contribution in [0.4, 0.5) is 0 Å². The molecule has 8 atom stereocenters. The molecule has 1 heterocycles. The number of phenolic OH excluding ortho intramolecular Hbond substituents is 2. The first-order valence-corrected chi connectivity index (χ1v) is 16.8. The summed E-state index contributed by atoms with van der Waals surface area (Å²) in [4.78, 5) is 0. The van der Waals surface area contributed by atoms with Gasteiger partial charge in [-0.05, 0) is 96.5 Å². The third kappa shape index (κ3) is 7.90. The van der Waals surface area contributed by atoms with Crippen molar-refractivity contribution in [2.24, 2.45) is 11.8 Å². The van der Waals surface area contributed by atoms with Crippen molar-refractivity contribution in [1.82, 2.24) is 0 Å². The van der Waals surface area contributed by atoms with Gasteiger partial charge >= 0.3 is 0 Å². The fourth-order valence-electron chi connectivity index (χ4n) is 6.49. The second kappa shape index (κ2) is 16.0. The summed E-state index contributed by atoms with van der Waals surface area (Å²) in [6.07, 6.45) is -3.83. The van der Waals surface area contributed by atoms with Crippen molar-refractivity contribution < 1.29 is 53.6 Å². The summed E-state index contributed by atoms with van der Waals surface area (Å²) in [7, 11) is 6.06. The number of methoxy groups -OCH3 is 4. The number of phenols is 2. The lowest BCUT2D eigenvalue weighted by atomic mass is 9.85. The molecule has 5 rings (SSSR count). The lowest BCUT2D eigenvalue weighted by Gasteiger charge is -2.24. The largest absolute Gasteiger partial charge is 0.504 e. The highest BCUT2D eigenvalue weighted by Crippen LogP contribution is 2.51. The van der Waals surface area contributed by atoms with E-state index in [9.17, 15) is 20.4 Å². The van der Waals surface area contributed by atoms with Crippen LogP contribution < -0.4 is 28.4 Å². The van der Waals surface area contributed by atoms with Crippen LogP contribution in [0, 0.1) is 11.8 Å². The summed E-state index contributed by atoms with van der Waals surface area (Å²) >= 11 is 0. The van der Waals surface area contributed by atoms with E-state index >= 15 is 0 Å². The Bertz CT molecular complexity index is 1660. The van der Waals surface area contributed by atoms with Crippen molar-refractivity contribution in [3.05, 3.63) is 95.1 Å². The normalized spacial score (nSPS) is 20.9. The van der Waals surface area contributed by atoms with Crippen molar-refractivity contribution in [1.29, 1.82) is 0 Å². The number of hydrogen-bond acceptors (Lipinski definition) is 11. The predicted molar refractivity (Wildman–Crippen MR) is 190 cm³/mol. The molecule has 274 valence electrons. The molecule has 4 N–H and O–H groups in total. The molecule has 3 unspecified atom stereocenters. The van der Waals surface area contributed by atoms with Gasteiger partial charge in [0.2, 0.25) is 0 Å². The van der Waals surface area contributed by atoms with Gasteiger partial charge in [0.1, 0.15) is 24.4 Å². The molecular formula is C40H48O11. The zero-order valence-electron chi connectivity index (χ0n) is 30.2. The average Bonchev–Trinajstić information content (AvgIpc) is 3.44. The van der Waals surface area contributed by atoms with E-state index in [1.54, 1.807) is 52.3 Å². The Hall–Kier alpha value is -4.84. The lowest BCUT2D eigenvalue weighted by molar-refractivity contribution is 0.0281. The minimum Gasteiger partial charge on any atom is -0.504 e. The molecule has 51 heavy (non-hydrogen) atoms. The molecule has 1 saturated heterocycles. The van der Waals surface area contributed by atoms with E-state index in [4.69, 9.17) is 33.2 Å². The van der Waals surface area contributed by atoms with E-state index in [1.807, 2.05) is 36.4 Å². The van der Waals surface area contributed by atoms with Crippen molar-refractivity contribution in [3.8, 4) is 46.0 Å². The molecule has 0 spiro atoms. The molecule has 0 amide bonds. The number of aliphatic hydroxyl groups is 2. The molecule has 0 radical (unpaired) electrons. The number of hydrogen-bond donors (Lipinski definition) is 4. The number of aromatic hydroxyl groups is 2. The van der Waals surface area contributed by atoms with Crippen LogP contribution in [-0.4, -0.2) is 61.1 Å². The molecular weight excluding hydrogens is 656 g/mol. The second-order valence-electron chi connectivity index (χ2n) is 12.9. The van der Waals surface area contributed by atoms with Crippen LogP contribution in [-0.2, 0) is 4.74 Å². The third-order valence-electron chi connectivity index (χ3n) is 9.71. The van der Waals surface area contributed by atoms with E-state index in [0.717, 1.165) is 11.1 Å². The number of rotatable bonds is 14. The first-order valence-electron chi connectivity index (χ1n) is 16.8. The van der Waals surface area contributed by atoms with Crippen molar-refractivity contribution in [2.75, 3.05) is 28.4 Å². The second-order valence-corrected chi connectivity index (χ2v) is 12.9. The van der Waals surface area contributed by atoms with Crippen LogP contribution in [0.2, 0.25) is 0 Å². The summed E-state index contributed by atoms with van der Waals surface area (Å²) in [6.45, 7) is 7.80. The van der Waals surface area contributed by atoms with Crippen LogP contribution in [0.15, 0.2) is 72.8 Å². The standard InChI is InChI=1S/C40H48O11/c1-21-22(2)40(28-12-16-34(36(20-28)48-8)50-24(4)38(44)26-10-14-32(46-6)30(42)18-26)51-39(21)27-11-15-33(35(19-27)47-7)49-23(3)37(43)25-9-13-31(45-5)29(41)17-25/h9-24,37-44H,1-8H3/t21-,22-,23-,24?,37+,38+,39?,40?/m1/s1. The quantitative estimate of drug-likeness (QED) is 0.106. The van der Waals surface area contributed by atoms with Gasteiger partial charge in [-0.25, -0.2) is 0 Å². The van der Waals surface area contributed by atoms with Crippen LogP contribution in [0.5, 0.6) is 46.0 Å². The molecule has 1 fully saturated rings. The Morgan fingerprint density at radius 1 is 0.510 bits per heavy atom. The van der Waals surface area contributed by atoms with E-state index in [-0.39, 0.29) is 35.5 Å². The molecule has 0 aromatic heterocycles. The first kappa shape index (κ1) is 37.4. The minimum absolute atomic E-state index is 0.0677. The maximum Gasteiger partial charge on any atom is 0.161 e. The highest BCUT2D eigenvalue weighted by molar-refractivity contribution is 5.47.